The summed E-state index contributed by atoms with van der Waals surface area (Å²) in [6.45, 7) is 3.36. The minimum absolute atomic E-state index is 0.0513. The first-order chi connectivity index (χ1) is 10.1. The summed E-state index contributed by atoms with van der Waals surface area (Å²) in [7, 11) is 0. The van der Waals surface area contributed by atoms with Crippen LogP contribution in [0, 0.1) is 11.6 Å². The molecule has 1 heterocycles. The van der Waals surface area contributed by atoms with Gasteiger partial charge < -0.3 is 10.1 Å². The van der Waals surface area contributed by atoms with Gasteiger partial charge in [0.05, 0.1) is 6.61 Å². The van der Waals surface area contributed by atoms with Crippen molar-refractivity contribution in [3.05, 3.63) is 64.7 Å². The second kappa shape index (κ2) is 5.82. The van der Waals surface area contributed by atoms with E-state index < -0.39 is 11.6 Å². The molecule has 0 saturated carbocycles. The van der Waals surface area contributed by atoms with Crippen molar-refractivity contribution in [2.75, 3.05) is 6.61 Å². The number of fused-ring (bicyclic) bond motifs is 1. The highest BCUT2D eigenvalue weighted by molar-refractivity contribution is 5.39. The summed E-state index contributed by atoms with van der Waals surface area (Å²) in [5.74, 6) is -0.659. The molecule has 0 spiro atoms. The Bertz CT molecular complexity index is 657. The molecule has 4 heteroatoms. The highest BCUT2D eigenvalue weighted by atomic mass is 19.2. The van der Waals surface area contributed by atoms with E-state index in [2.05, 4.69) is 11.4 Å². The third-order valence-electron chi connectivity index (χ3n) is 3.81. The lowest BCUT2D eigenvalue weighted by molar-refractivity contribution is 0.357. The molecule has 110 valence electrons. The number of hydrogen-bond donors (Lipinski definition) is 1. The van der Waals surface area contributed by atoms with Crippen molar-refractivity contribution in [1.29, 1.82) is 0 Å². The van der Waals surface area contributed by atoms with Gasteiger partial charge in [0.2, 0.25) is 0 Å². The number of benzene rings is 2. The van der Waals surface area contributed by atoms with Gasteiger partial charge in [-0.2, -0.15) is 0 Å². The predicted octanol–water partition coefficient (Wildman–Crippen LogP) is 3.75. The van der Waals surface area contributed by atoms with Crippen molar-refractivity contribution >= 4 is 0 Å². The van der Waals surface area contributed by atoms with Gasteiger partial charge in [0.15, 0.2) is 11.6 Å². The fourth-order valence-electron chi connectivity index (χ4n) is 2.52. The first kappa shape index (κ1) is 14.0. The third kappa shape index (κ3) is 3.05. The van der Waals surface area contributed by atoms with Crippen molar-refractivity contribution in [3.8, 4) is 5.75 Å². The van der Waals surface area contributed by atoms with E-state index in [1.54, 1.807) is 6.07 Å². The molecule has 21 heavy (non-hydrogen) atoms. The average molecular weight is 289 g/mol. The van der Waals surface area contributed by atoms with Crippen LogP contribution < -0.4 is 10.1 Å². The van der Waals surface area contributed by atoms with Crippen molar-refractivity contribution < 1.29 is 13.5 Å². The van der Waals surface area contributed by atoms with Crippen LogP contribution in [0.25, 0.3) is 0 Å². The second-order valence-corrected chi connectivity index (χ2v) is 5.32. The molecule has 1 aliphatic heterocycles. The molecule has 2 nitrogen and oxygen atoms in total. The summed E-state index contributed by atoms with van der Waals surface area (Å²) < 4.78 is 31.6. The van der Waals surface area contributed by atoms with Crippen LogP contribution in [0.5, 0.6) is 5.75 Å². The fraction of sp³-hybridized carbons (Fsp3) is 0.294. The molecule has 0 aliphatic carbocycles. The lowest BCUT2D eigenvalue weighted by Gasteiger charge is -2.15. The lowest BCUT2D eigenvalue weighted by Crippen LogP contribution is -2.18. The maximum atomic E-state index is 13.2. The van der Waals surface area contributed by atoms with Crippen molar-refractivity contribution in [2.45, 2.75) is 25.9 Å². The topological polar surface area (TPSA) is 21.3 Å². The van der Waals surface area contributed by atoms with E-state index in [1.807, 2.05) is 19.1 Å². The van der Waals surface area contributed by atoms with Gasteiger partial charge in [-0.15, -0.1) is 0 Å². The van der Waals surface area contributed by atoms with E-state index >= 15 is 0 Å². The number of hydrogen-bond acceptors (Lipinski definition) is 2. The van der Waals surface area contributed by atoms with Gasteiger partial charge in [0.1, 0.15) is 5.75 Å². The Kier molecular flexibility index (Phi) is 3.88. The molecule has 1 unspecified atom stereocenters. The van der Waals surface area contributed by atoms with Crippen molar-refractivity contribution in [3.63, 3.8) is 0 Å². The summed E-state index contributed by atoms with van der Waals surface area (Å²) in [4.78, 5) is 0. The van der Waals surface area contributed by atoms with Gasteiger partial charge in [-0.25, -0.2) is 8.78 Å². The summed E-state index contributed by atoms with van der Waals surface area (Å²) in [5, 5.41) is 3.32. The van der Waals surface area contributed by atoms with Crippen LogP contribution in [0.3, 0.4) is 0 Å². The molecule has 2 aromatic carbocycles. The SMILES string of the molecule is CC(NCc1ccc2c(c1)CCO2)c1ccc(F)c(F)c1. The maximum absolute atomic E-state index is 13.2. The van der Waals surface area contributed by atoms with E-state index in [9.17, 15) is 8.78 Å². The van der Waals surface area contributed by atoms with Crippen LogP contribution in [0.4, 0.5) is 8.78 Å². The van der Waals surface area contributed by atoms with Crippen LogP contribution in [-0.2, 0) is 13.0 Å². The van der Waals surface area contributed by atoms with E-state index in [-0.39, 0.29) is 6.04 Å². The molecule has 0 amide bonds. The fourth-order valence-corrected chi connectivity index (χ4v) is 2.52. The van der Waals surface area contributed by atoms with Crippen LogP contribution in [-0.4, -0.2) is 6.61 Å². The third-order valence-corrected chi connectivity index (χ3v) is 3.81. The van der Waals surface area contributed by atoms with Crippen LogP contribution >= 0.6 is 0 Å². The van der Waals surface area contributed by atoms with Gasteiger partial charge in [0, 0.05) is 19.0 Å². The Morgan fingerprint density at radius 3 is 2.81 bits per heavy atom. The number of nitrogens with one attached hydrogen (secondary N) is 1. The molecule has 0 bridgehead atoms. The molecule has 0 fully saturated rings. The smallest absolute Gasteiger partial charge is 0.159 e. The van der Waals surface area contributed by atoms with Gasteiger partial charge in [0.25, 0.3) is 0 Å². The minimum Gasteiger partial charge on any atom is -0.493 e. The highest BCUT2D eigenvalue weighted by Crippen LogP contribution is 2.26. The predicted molar refractivity (Wildman–Crippen MR) is 77.3 cm³/mol. The standard InChI is InChI=1S/C17H17F2NO/c1-11(13-3-4-15(18)16(19)9-13)20-10-12-2-5-17-14(8-12)6-7-21-17/h2-5,8-9,11,20H,6-7,10H2,1H3. The molecule has 3 rings (SSSR count). The van der Waals surface area contributed by atoms with Crippen LogP contribution in [0.15, 0.2) is 36.4 Å². The van der Waals surface area contributed by atoms with Crippen molar-refractivity contribution in [2.24, 2.45) is 0 Å². The van der Waals surface area contributed by atoms with E-state index in [4.69, 9.17) is 4.74 Å². The van der Waals surface area contributed by atoms with Crippen molar-refractivity contribution in [1.82, 2.24) is 5.32 Å². The van der Waals surface area contributed by atoms with E-state index in [1.165, 1.54) is 11.6 Å². The number of ether oxygens (including phenoxy) is 1. The molecule has 0 saturated heterocycles. The van der Waals surface area contributed by atoms with E-state index in [0.29, 0.717) is 6.54 Å². The maximum Gasteiger partial charge on any atom is 0.159 e. The van der Waals surface area contributed by atoms with Gasteiger partial charge in [-0.05, 0) is 41.8 Å². The van der Waals surface area contributed by atoms with Crippen LogP contribution in [0.1, 0.15) is 29.7 Å². The Labute approximate surface area is 122 Å². The molecular weight excluding hydrogens is 272 g/mol. The monoisotopic (exact) mass is 289 g/mol. The number of halogens is 2. The Hall–Kier alpha value is -1.94. The first-order valence-corrected chi connectivity index (χ1v) is 7.06. The quantitative estimate of drug-likeness (QED) is 0.925. The summed E-state index contributed by atoms with van der Waals surface area (Å²) in [6, 6.07) is 10.1. The highest BCUT2D eigenvalue weighted by Gasteiger charge is 2.13. The molecule has 1 atom stereocenters. The molecule has 2 aromatic rings. The Morgan fingerprint density at radius 1 is 1.14 bits per heavy atom. The largest absolute Gasteiger partial charge is 0.493 e. The zero-order valence-electron chi connectivity index (χ0n) is 11.8. The minimum atomic E-state index is -0.815. The normalized spacial score (nSPS) is 14.6. The lowest BCUT2D eigenvalue weighted by atomic mass is 10.1. The average Bonchev–Trinajstić information content (AvgIpc) is 2.95. The Balaban J connectivity index is 1.65. The zero-order chi connectivity index (χ0) is 14.8. The molecular formula is C17H17F2NO. The summed E-state index contributed by atoms with van der Waals surface area (Å²) >= 11 is 0. The second-order valence-electron chi connectivity index (χ2n) is 5.32. The summed E-state index contributed by atoms with van der Waals surface area (Å²) in [5.41, 5.74) is 3.13. The molecule has 0 radical (unpaired) electrons. The van der Waals surface area contributed by atoms with Crippen LogP contribution in [0.2, 0.25) is 0 Å². The molecule has 1 aliphatic rings. The van der Waals surface area contributed by atoms with Gasteiger partial charge >= 0.3 is 0 Å². The van der Waals surface area contributed by atoms with E-state index in [0.717, 1.165) is 36.0 Å². The first-order valence-electron chi connectivity index (χ1n) is 7.06. The van der Waals surface area contributed by atoms with Gasteiger partial charge in [-0.1, -0.05) is 18.2 Å². The molecule has 0 aromatic heterocycles. The van der Waals surface area contributed by atoms with Gasteiger partial charge in [-0.3, -0.25) is 0 Å². The summed E-state index contributed by atoms with van der Waals surface area (Å²) in [6.07, 6.45) is 0.946. The Morgan fingerprint density at radius 2 is 2.00 bits per heavy atom. The number of rotatable bonds is 4. The zero-order valence-corrected chi connectivity index (χ0v) is 11.8. The molecule has 1 N–H and O–H groups in total.